The molecular formula is C30H26F3N5O5S. The number of halogens is 3. The van der Waals surface area contributed by atoms with E-state index >= 15 is 0 Å². The molecule has 0 saturated carbocycles. The average molecular weight is 626 g/mol. The third kappa shape index (κ3) is 6.12. The van der Waals surface area contributed by atoms with E-state index in [9.17, 15) is 32.7 Å². The van der Waals surface area contributed by atoms with Crippen molar-refractivity contribution >= 4 is 34.8 Å². The van der Waals surface area contributed by atoms with E-state index in [4.69, 9.17) is 10.5 Å². The van der Waals surface area contributed by atoms with Crippen molar-refractivity contribution < 1.29 is 37.4 Å². The van der Waals surface area contributed by atoms with Gasteiger partial charge in [-0.15, -0.1) is 11.3 Å². The molecule has 0 fully saturated rings. The number of carboxylic acid groups (broad SMARTS) is 1. The summed E-state index contributed by atoms with van der Waals surface area (Å²) in [6, 6.07) is 8.40. The number of carbonyl (C=O) groups excluding carboxylic acids is 2. The number of carboxylic acids is 1. The number of pyridine rings is 2. The number of amides is 2. The van der Waals surface area contributed by atoms with Gasteiger partial charge in [0.15, 0.2) is 5.69 Å². The van der Waals surface area contributed by atoms with Gasteiger partial charge in [-0.2, -0.15) is 13.2 Å². The number of thiophene rings is 1. The molecule has 4 aromatic rings. The highest BCUT2D eigenvalue weighted by Gasteiger charge is 2.34. The number of hydrogen-bond donors (Lipinski definition) is 4. The maximum Gasteiger partial charge on any atom is 0.418 e. The molecule has 0 atom stereocenters. The predicted molar refractivity (Wildman–Crippen MR) is 157 cm³/mol. The number of fused-ring (bicyclic) bond motifs is 3. The normalized spacial score (nSPS) is 12.4. The summed E-state index contributed by atoms with van der Waals surface area (Å²) >= 11 is 1.43. The van der Waals surface area contributed by atoms with Gasteiger partial charge in [0.1, 0.15) is 11.4 Å². The summed E-state index contributed by atoms with van der Waals surface area (Å²) in [5.41, 5.74) is 4.67. The summed E-state index contributed by atoms with van der Waals surface area (Å²) in [7, 11) is 0. The van der Waals surface area contributed by atoms with E-state index in [-0.39, 0.29) is 33.8 Å². The van der Waals surface area contributed by atoms with Crippen LogP contribution in [0.4, 0.5) is 18.9 Å². The van der Waals surface area contributed by atoms with Gasteiger partial charge >= 0.3 is 12.1 Å². The number of aromatic nitrogens is 2. The maximum atomic E-state index is 13.8. The summed E-state index contributed by atoms with van der Waals surface area (Å²) in [6.07, 6.45) is -2.46. The van der Waals surface area contributed by atoms with Crippen LogP contribution in [0.5, 0.6) is 5.75 Å². The number of hydrogen-bond acceptors (Lipinski definition) is 8. The summed E-state index contributed by atoms with van der Waals surface area (Å²) in [6.45, 7) is 2.08. The number of rotatable bonds is 8. The summed E-state index contributed by atoms with van der Waals surface area (Å²) in [5, 5.41) is 17.1. The van der Waals surface area contributed by atoms with Gasteiger partial charge in [-0.25, -0.2) is 9.78 Å². The predicted octanol–water partition coefficient (Wildman–Crippen LogP) is 5.37. The number of aromatic carboxylic acids is 1. The molecule has 14 heteroatoms. The van der Waals surface area contributed by atoms with E-state index in [0.717, 1.165) is 22.7 Å². The Hall–Kier alpha value is -4.82. The third-order valence-corrected chi connectivity index (χ3v) is 7.86. The van der Waals surface area contributed by atoms with Crippen LogP contribution in [0, 0.1) is 0 Å². The van der Waals surface area contributed by atoms with Crippen molar-refractivity contribution in [1.29, 1.82) is 0 Å². The smallest absolute Gasteiger partial charge is 0.418 e. The number of carbonyl (C=O) groups is 3. The SMILES string of the molecule is CCCNC(=O)c1ccc(-c2cc3c(cc2C(=O)Nc2cnc(CN)c(C(F)(F)F)c2)-c2sccc2CCO3)c(C(=O)O)n1. The molecule has 1 aromatic carbocycles. The van der Waals surface area contributed by atoms with Gasteiger partial charge in [-0.3, -0.25) is 14.6 Å². The summed E-state index contributed by atoms with van der Waals surface area (Å²) < 4.78 is 47.0. The van der Waals surface area contributed by atoms with Gasteiger partial charge in [-0.1, -0.05) is 6.92 Å². The summed E-state index contributed by atoms with van der Waals surface area (Å²) in [4.78, 5) is 47.4. The highest BCUT2D eigenvalue weighted by Crippen LogP contribution is 2.43. The Labute approximate surface area is 253 Å². The van der Waals surface area contributed by atoms with Gasteiger partial charge < -0.3 is 26.2 Å². The standard InChI is InChI=1S/C30H26F3N5O5S/c1-2-7-35-28(40)22-4-3-17(25(38-22)29(41)42)18-12-24-20(26-15(5-8-43-24)6-9-44-26)11-19(18)27(39)37-16-10-21(30(31,32)33)23(13-34)36-14-16/h3-4,6,9-12,14H,2,5,7-8,13,34H2,1H3,(H,35,40)(H,37,39)(H,41,42). The number of nitrogens with two attached hydrogens (primary N) is 1. The van der Waals surface area contributed by atoms with Crippen LogP contribution >= 0.6 is 11.3 Å². The summed E-state index contributed by atoms with van der Waals surface area (Å²) in [5.74, 6) is -2.47. The van der Waals surface area contributed by atoms with Crippen molar-refractivity contribution in [2.24, 2.45) is 5.73 Å². The van der Waals surface area contributed by atoms with Gasteiger partial charge in [0.25, 0.3) is 11.8 Å². The zero-order chi connectivity index (χ0) is 31.6. The first-order chi connectivity index (χ1) is 21.0. The second kappa shape index (κ2) is 12.4. The monoisotopic (exact) mass is 625 g/mol. The molecule has 0 aliphatic carbocycles. The van der Waals surface area contributed by atoms with Crippen LogP contribution in [-0.4, -0.2) is 46.0 Å². The van der Waals surface area contributed by atoms with Crippen LogP contribution in [0.3, 0.4) is 0 Å². The molecule has 5 N–H and O–H groups in total. The molecular weight excluding hydrogens is 599 g/mol. The fourth-order valence-corrected chi connectivity index (χ4v) is 5.77. The van der Waals surface area contributed by atoms with Crippen LogP contribution in [0.2, 0.25) is 0 Å². The van der Waals surface area contributed by atoms with Crippen molar-refractivity contribution in [3.05, 3.63) is 81.7 Å². The minimum Gasteiger partial charge on any atom is -0.493 e. The minimum atomic E-state index is -4.77. The Kier molecular flexibility index (Phi) is 8.65. The lowest BCUT2D eigenvalue weighted by molar-refractivity contribution is -0.138. The average Bonchev–Trinajstić information content (AvgIpc) is 3.40. The fourth-order valence-electron chi connectivity index (χ4n) is 4.79. The highest BCUT2D eigenvalue weighted by molar-refractivity contribution is 7.13. The van der Waals surface area contributed by atoms with Crippen molar-refractivity contribution in [2.45, 2.75) is 32.5 Å². The lowest BCUT2D eigenvalue weighted by atomic mass is 9.93. The van der Waals surface area contributed by atoms with Crippen molar-refractivity contribution in [3.8, 4) is 27.3 Å². The largest absolute Gasteiger partial charge is 0.493 e. The molecule has 3 aromatic heterocycles. The Bertz CT molecular complexity index is 1770. The molecule has 228 valence electrons. The molecule has 1 aliphatic rings. The Morgan fingerprint density at radius 1 is 1.09 bits per heavy atom. The number of ether oxygens (including phenoxy) is 1. The van der Waals surface area contributed by atoms with Crippen LogP contribution in [-0.2, 0) is 19.1 Å². The van der Waals surface area contributed by atoms with Crippen molar-refractivity contribution in [3.63, 3.8) is 0 Å². The van der Waals surface area contributed by atoms with E-state index in [1.807, 2.05) is 18.4 Å². The minimum absolute atomic E-state index is 0.00401. The molecule has 10 nitrogen and oxygen atoms in total. The Morgan fingerprint density at radius 3 is 2.59 bits per heavy atom. The number of benzene rings is 1. The molecule has 0 radical (unpaired) electrons. The third-order valence-electron chi connectivity index (χ3n) is 6.87. The lowest BCUT2D eigenvalue weighted by Gasteiger charge is -2.18. The van der Waals surface area contributed by atoms with Crippen LogP contribution in [0.25, 0.3) is 21.6 Å². The zero-order valence-corrected chi connectivity index (χ0v) is 24.1. The Balaban J connectivity index is 1.66. The molecule has 0 saturated heterocycles. The van der Waals surface area contributed by atoms with Crippen molar-refractivity contribution in [1.82, 2.24) is 15.3 Å². The quantitative estimate of drug-likeness (QED) is 0.204. The molecule has 44 heavy (non-hydrogen) atoms. The van der Waals surface area contributed by atoms with E-state index in [1.165, 1.54) is 35.6 Å². The maximum absolute atomic E-state index is 13.8. The number of nitrogens with zero attached hydrogens (tertiary/aromatic N) is 2. The molecule has 4 heterocycles. The molecule has 1 aliphatic heterocycles. The molecule has 0 bridgehead atoms. The van der Waals surface area contributed by atoms with Gasteiger partial charge in [0, 0.05) is 46.6 Å². The zero-order valence-electron chi connectivity index (χ0n) is 23.2. The fraction of sp³-hybridized carbons (Fsp3) is 0.233. The van der Waals surface area contributed by atoms with E-state index < -0.39 is 41.8 Å². The number of alkyl halides is 3. The first kappa shape index (κ1) is 30.6. The van der Waals surface area contributed by atoms with Gasteiger partial charge in [0.05, 0.1) is 29.7 Å². The molecule has 5 rings (SSSR count). The van der Waals surface area contributed by atoms with Crippen LogP contribution in [0.15, 0.2) is 48.0 Å². The van der Waals surface area contributed by atoms with E-state index in [1.54, 1.807) is 0 Å². The van der Waals surface area contributed by atoms with Crippen LogP contribution in [0.1, 0.15) is 61.5 Å². The van der Waals surface area contributed by atoms with Crippen molar-refractivity contribution in [2.75, 3.05) is 18.5 Å². The topological polar surface area (TPSA) is 157 Å². The second-order valence-electron chi connectivity index (χ2n) is 9.80. The molecule has 0 unspecified atom stereocenters. The first-order valence-electron chi connectivity index (χ1n) is 13.5. The number of nitrogens with one attached hydrogen (secondary N) is 2. The van der Waals surface area contributed by atoms with Gasteiger partial charge in [0.2, 0.25) is 0 Å². The van der Waals surface area contributed by atoms with E-state index in [2.05, 4.69) is 20.6 Å². The first-order valence-corrected chi connectivity index (χ1v) is 14.4. The molecule has 2 amide bonds. The molecule has 0 spiro atoms. The highest BCUT2D eigenvalue weighted by atomic mass is 32.1. The Morgan fingerprint density at radius 2 is 1.89 bits per heavy atom. The second-order valence-corrected chi connectivity index (χ2v) is 10.7. The van der Waals surface area contributed by atoms with Gasteiger partial charge in [-0.05, 0) is 53.8 Å². The lowest BCUT2D eigenvalue weighted by Crippen LogP contribution is -2.25. The number of anilines is 1. The van der Waals surface area contributed by atoms with Crippen LogP contribution < -0.4 is 21.1 Å². The van der Waals surface area contributed by atoms with E-state index in [0.29, 0.717) is 37.3 Å².